The SMILES string of the molecule is C=CCOCCCCCN(OCc1ccccc1)C(=O)OC(C)(C)C. The van der Waals surface area contributed by atoms with E-state index in [1.54, 1.807) is 6.08 Å². The largest absolute Gasteiger partial charge is 0.442 e. The third-order valence-electron chi connectivity index (χ3n) is 3.21. The lowest BCUT2D eigenvalue weighted by Crippen LogP contribution is -2.37. The summed E-state index contributed by atoms with van der Waals surface area (Å²) in [7, 11) is 0. The zero-order valence-corrected chi connectivity index (χ0v) is 15.7. The van der Waals surface area contributed by atoms with Crippen molar-refractivity contribution in [1.29, 1.82) is 0 Å². The molecule has 5 heteroatoms. The van der Waals surface area contributed by atoms with Gasteiger partial charge in [0.05, 0.1) is 13.2 Å². The Morgan fingerprint density at radius 2 is 1.88 bits per heavy atom. The highest BCUT2D eigenvalue weighted by molar-refractivity contribution is 5.66. The molecule has 0 spiro atoms. The van der Waals surface area contributed by atoms with Crippen LogP contribution in [0.5, 0.6) is 0 Å². The number of carbonyl (C=O) groups excluding carboxylic acids is 1. The Labute approximate surface area is 151 Å². The minimum absolute atomic E-state index is 0.336. The van der Waals surface area contributed by atoms with Crippen molar-refractivity contribution in [2.45, 2.75) is 52.2 Å². The van der Waals surface area contributed by atoms with Gasteiger partial charge in [0, 0.05) is 6.61 Å². The molecule has 0 unspecified atom stereocenters. The van der Waals surface area contributed by atoms with Crippen LogP contribution in [0.15, 0.2) is 43.0 Å². The maximum atomic E-state index is 12.3. The topological polar surface area (TPSA) is 48.0 Å². The van der Waals surface area contributed by atoms with E-state index < -0.39 is 11.7 Å². The molecule has 25 heavy (non-hydrogen) atoms. The number of ether oxygens (including phenoxy) is 2. The van der Waals surface area contributed by atoms with Gasteiger partial charge in [-0.25, -0.2) is 4.79 Å². The highest BCUT2D eigenvalue weighted by Gasteiger charge is 2.22. The fraction of sp³-hybridized carbons (Fsp3) is 0.550. The second kappa shape index (κ2) is 11.7. The molecule has 0 aromatic heterocycles. The quantitative estimate of drug-likeness (QED) is 0.329. The van der Waals surface area contributed by atoms with Gasteiger partial charge in [0.2, 0.25) is 0 Å². The van der Waals surface area contributed by atoms with E-state index in [0.29, 0.717) is 26.4 Å². The lowest BCUT2D eigenvalue weighted by molar-refractivity contribution is -0.156. The Balaban J connectivity index is 2.44. The summed E-state index contributed by atoms with van der Waals surface area (Å²) < 4.78 is 10.8. The fourth-order valence-corrected chi connectivity index (χ4v) is 2.05. The molecule has 0 aliphatic rings. The first kappa shape index (κ1) is 21.2. The molecule has 1 aromatic rings. The molecule has 0 N–H and O–H groups in total. The molecule has 0 radical (unpaired) electrons. The maximum Gasteiger partial charge on any atom is 0.434 e. The molecule has 0 heterocycles. The first-order chi connectivity index (χ1) is 11.9. The Kier molecular flexibility index (Phi) is 9.88. The van der Waals surface area contributed by atoms with Gasteiger partial charge in [0.25, 0.3) is 0 Å². The highest BCUT2D eigenvalue weighted by atomic mass is 16.7. The van der Waals surface area contributed by atoms with E-state index in [1.807, 2.05) is 51.1 Å². The maximum absolute atomic E-state index is 12.3. The van der Waals surface area contributed by atoms with Gasteiger partial charge in [-0.1, -0.05) is 36.4 Å². The number of carbonyl (C=O) groups is 1. The normalized spacial score (nSPS) is 11.2. The molecule has 0 atom stereocenters. The molecular formula is C20H31NO4. The number of rotatable bonds is 11. The molecule has 0 fully saturated rings. The molecule has 1 amide bonds. The van der Waals surface area contributed by atoms with Crippen molar-refractivity contribution < 1.29 is 19.1 Å². The van der Waals surface area contributed by atoms with Crippen molar-refractivity contribution in [1.82, 2.24) is 5.06 Å². The number of unbranched alkanes of at least 4 members (excludes halogenated alkanes) is 2. The van der Waals surface area contributed by atoms with Crippen molar-refractivity contribution in [3.05, 3.63) is 48.6 Å². The van der Waals surface area contributed by atoms with Crippen LogP contribution in [0.25, 0.3) is 0 Å². The predicted molar refractivity (Wildman–Crippen MR) is 99.0 cm³/mol. The summed E-state index contributed by atoms with van der Waals surface area (Å²) in [5.74, 6) is 0. The number of nitrogens with zero attached hydrogens (tertiary/aromatic N) is 1. The van der Waals surface area contributed by atoms with Gasteiger partial charge < -0.3 is 9.47 Å². The fourth-order valence-electron chi connectivity index (χ4n) is 2.05. The second-order valence-corrected chi connectivity index (χ2v) is 6.77. The van der Waals surface area contributed by atoms with E-state index in [4.69, 9.17) is 14.3 Å². The molecule has 5 nitrogen and oxygen atoms in total. The van der Waals surface area contributed by atoms with E-state index in [0.717, 1.165) is 24.8 Å². The minimum Gasteiger partial charge on any atom is -0.442 e. The van der Waals surface area contributed by atoms with Crippen LogP contribution < -0.4 is 0 Å². The number of hydrogen-bond donors (Lipinski definition) is 0. The number of amides is 1. The van der Waals surface area contributed by atoms with Crippen molar-refractivity contribution in [3.63, 3.8) is 0 Å². The second-order valence-electron chi connectivity index (χ2n) is 6.77. The van der Waals surface area contributed by atoms with Gasteiger partial charge in [0.1, 0.15) is 12.2 Å². The van der Waals surface area contributed by atoms with Crippen LogP contribution >= 0.6 is 0 Å². The molecule has 0 aliphatic heterocycles. The number of hydrogen-bond acceptors (Lipinski definition) is 4. The molecule has 0 bridgehead atoms. The van der Waals surface area contributed by atoms with Crippen LogP contribution in [0.1, 0.15) is 45.6 Å². The highest BCUT2D eigenvalue weighted by Crippen LogP contribution is 2.13. The van der Waals surface area contributed by atoms with Gasteiger partial charge in [-0.15, -0.1) is 6.58 Å². The van der Waals surface area contributed by atoms with Crippen LogP contribution in [-0.2, 0) is 20.9 Å². The van der Waals surface area contributed by atoms with E-state index in [1.165, 1.54) is 5.06 Å². The minimum atomic E-state index is -0.552. The van der Waals surface area contributed by atoms with Crippen LogP contribution in [0.3, 0.4) is 0 Å². The van der Waals surface area contributed by atoms with Crippen molar-refractivity contribution >= 4 is 6.09 Å². The van der Waals surface area contributed by atoms with E-state index >= 15 is 0 Å². The summed E-state index contributed by atoms with van der Waals surface area (Å²) in [5.41, 5.74) is 0.457. The molecular weight excluding hydrogens is 318 g/mol. The van der Waals surface area contributed by atoms with Gasteiger partial charge in [-0.2, -0.15) is 5.06 Å². The summed E-state index contributed by atoms with van der Waals surface area (Å²) in [4.78, 5) is 18.0. The molecule has 140 valence electrons. The standard InChI is InChI=1S/C20H31NO4/c1-5-15-23-16-11-7-10-14-21(19(22)25-20(2,3)4)24-17-18-12-8-6-9-13-18/h5-6,8-9,12-13H,1,7,10-11,14-17H2,2-4H3. The van der Waals surface area contributed by atoms with Crippen LogP contribution in [0.2, 0.25) is 0 Å². The average Bonchev–Trinajstić information content (AvgIpc) is 2.56. The molecule has 0 saturated carbocycles. The zero-order chi connectivity index (χ0) is 18.5. The predicted octanol–water partition coefficient (Wildman–Crippen LogP) is 4.73. The Morgan fingerprint density at radius 3 is 2.52 bits per heavy atom. The van der Waals surface area contributed by atoms with E-state index in [-0.39, 0.29) is 0 Å². The Bertz CT molecular complexity index is 496. The smallest absolute Gasteiger partial charge is 0.434 e. The average molecular weight is 349 g/mol. The van der Waals surface area contributed by atoms with Crippen LogP contribution in [0, 0.1) is 0 Å². The zero-order valence-electron chi connectivity index (χ0n) is 15.7. The number of benzene rings is 1. The van der Waals surface area contributed by atoms with Crippen molar-refractivity contribution in [3.8, 4) is 0 Å². The van der Waals surface area contributed by atoms with Gasteiger partial charge >= 0.3 is 6.09 Å². The summed E-state index contributed by atoms with van der Waals surface area (Å²) in [6.45, 7) is 11.2. The summed E-state index contributed by atoms with van der Waals surface area (Å²) in [6.07, 6.45) is 4.00. The van der Waals surface area contributed by atoms with Crippen LogP contribution in [0.4, 0.5) is 4.79 Å². The lowest BCUT2D eigenvalue weighted by atomic mass is 10.2. The Hall–Kier alpha value is -1.85. The molecule has 1 aromatic carbocycles. The lowest BCUT2D eigenvalue weighted by Gasteiger charge is -2.26. The van der Waals surface area contributed by atoms with E-state index in [2.05, 4.69) is 6.58 Å². The van der Waals surface area contributed by atoms with E-state index in [9.17, 15) is 4.79 Å². The third kappa shape index (κ3) is 10.6. The number of hydroxylamine groups is 2. The first-order valence-corrected chi connectivity index (χ1v) is 8.78. The summed E-state index contributed by atoms with van der Waals surface area (Å²) in [5, 5.41) is 1.32. The summed E-state index contributed by atoms with van der Waals surface area (Å²) in [6, 6.07) is 9.76. The third-order valence-corrected chi connectivity index (χ3v) is 3.21. The van der Waals surface area contributed by atoms with Gasteiger partial charge in [-0.05, 0) is 45.6 Å². The molecule has 1 rings (SSSR count). The first-order valence-electron chi connectivity index (χ1n) is 8.78. The van der Waals surface area contributed by atoms with Crippen molar-refractivity contribution in [2.75, 3.05) is 19.8 Å². The van der Waals surface area contributed by atoms with Gasteiger partial charge in [0.15, 0.2) is 0 Å². The molecule has 0 aliphatic carbocycles. The van der Waals surface area contributed by atoms with Crippen LogP contribution in [-0.4, -0.2) is 36.5 Å². The van der Waals surface area contributed by atoms with Crippen molar-refractivity contribution in [2.24, 2.45) is 0 Å². The molecule has 0 saturated heterocycles. The monoisotopic (exact) mass is 349 g/mol. The van der Waals surface area contributed by atoms with Gasteiger partial charge in [-0.3, -0.25) is 4.84 Å². The summed E-state index contributed by atoms with van der Waals surface area (Å²) >= 11 is 0. The Morgan fingerprint density at radius 1 is 1.16 bits per heavy atom.